The van der Waals surface area contributed by atoms with Crippen LogP contribution in [0.25, 0.3) is 0 Å². The van der Waals surface area contributed by atoms with Crippen molar-refractivity contribution in [2.24, 2.45) is 5.84 Å². The standard InChI is InChI=1S/C15H22ClN3O2.C13H12/c1-15(2,3)21-14(20)19-8-6-10-4-5-12(16)13(18-17)11(10)7-9-19;1-3-7-12(8-4-1)11-13-9-5-2-6-10-13/h4-5,18H,6-9,17H2,1-3H3;1-10H,11H2. The molecule has 1 aliphatic heterocycles. The fourth-order valence-corrected chi connectivity index (χ4v) is 4.12. The molecule has 3 aromatic rings. The van der Waals surface area contributed by atoms with E-state index >= 15 is 0 Å². The molecule has 0 unspecified atom stereocenters. The summed E-state index contributed by atoms with van der Waals surface area (Å²) >= 11 is 6.15. The predicted octanol–water partition coefficient (Wildman–Crippen LogP) is 6.24. The van der Waals surface area contributed by atoms with Crippen LogP contribution in [0, 0.1) is 0 Å². The summed E-state index contributed by atoms with van der Waals surface area (Å²) in [5, 5.41) is 0.599. The second kappa shape index (κ2) is 11.9. The summed E-state index contributed by atoms with van der Waals surface area (Å²) in [6.07, 6.45) is 2.22. The summed E-state index contributed by atoms with van der Waals surface area (Å²) < 4.78 is 5.43. The molecule has 0 saturated heterocycles. The first-order valence-electron chi connectivity index (χ1n) is 11.6. The van der Waals surface area contributed by atoms with E-state index in [0.717, 1.165) is 24.1 Å². The molecule has 0 aliphatic carbocycles. The Morgan fingerprint density at radius 2 is 1.50 bits per heavy atom. The monoisotopic (exact) mass is 479 g/mol. The average Bonchev–Trinajstić information content (AvgIpc) is 3.03. The van der Waals surface area contributed by atoms with Gasteiger partial charge in [0.15, 0.2) is 0 Å². The molecule has 0 bridgehead atoms. The maximum absolute atomic E-state index is 12.2. The number of amides is 1. The third-order valence-corrected chi connectivity index (χ3v) is 5.85. The van der Waals surface area contributed by atoms with Crippen LogP contribution in [-0.2, 0) is 24.0 Å². The highest BCUT2D eigenvalue weighted by atomic mass is 35.5. The summed E-state index contributed by atoms with van der Waals surface area (Å²) in [6.45, 7) is 6.83. The van der Waals surface area contributed by atoms with Crippen molar-refractivity contribution in [3.05, 3.63) is 100 Å². The van der Waals surface area contributed by atoms with Gasteiger partial charge in [0, 0.05) is 13.1 Å². The molecule has 180 valence electrons. The molecular weight excluding hydrogens is 446 g/mol. The number of nitrogens with zero attached hydrogens (tertiary/aromatic N) is 1. The summed E-state index contributed by atoms with van der Waals surface area (Å²) in [5.74, 6) is 5.56. The molecule has 0 saturated carbocycles. The Morgan fingerprint density at radius 3 is 2.03 bits per heavy atom. The van der Waals surface area contributed by atoms with Crippen LogP contribution in [0.15, 0.2) is 72.8 Å². The van der Waals surface area contributed by atoms with Crippen molar-refractivity contribution < 1.29 is 9.53 Å². The number of nitrogens with one attached hydrogen (secondary N) is 1. The Hall–Kier alpha value is -3.02. The zero-order valence-corrected chi connectivity index (χ0v) is 20.9. The number of carbonyl (C=O) groups excluding carboxylic acids is 1. The number of benzene rings is 3. The van der Waals surface area contributed by atoms with E-state index in [9.17, 15) is 4.79 Å². The van der Waals surface area contributed by atoms with Crippen LogP contribution in [-0.4, -0.2) is 29.7 Å². The van der Waals surface area contributed by atoms with Crippen LogP contribution in [0.5, 0.6) is 0 Å². The molecule has 0 fully saturated rings. The van der Waals surface area contributed by atoms with Gasteiger partial charge in [-0.2, -0.15) is 0 Å². The van der Waals surface area contributed by atoms with Gasteiger partial charge in [-0.25, -0.2) is 4.79 Å². The van der Waals surface area contributed by atoms with Gasteiger partial charge in [0.2, 0.25) is 0 Å². The van der Waals surface area contributed by atoms with Gasteiger partial charge < -0.3 is 15.1 Å². The minimum Gasteiger partial charge on any atom is -0.444 e. The molecule has 0 atom stereocenters. The number of nitrogens with two attached hydrogens (primary N) is 1. The van der Waals surface area contributed by atoms with Crippen molar-refractivity contribution in [3.8, 4) is 0 Å². The van der Waals surface area contributed by atoms with Crippen LogP contribution in [0.3, 0.4) is 0 Å². The fraction of sp³-hybridized carbons (Fsp3) is 0.321. The molecule has 4 rings (SSSR count). The minimum absolute atomic E-state index is 0.274. The number of rotatable bonds is 3. The lowest BCUT2D eigenvalue weighted by atomic mass is 10.0. The summed E-state index contributed by atoms with van der Waals surface area (Å²) in [6, 6.07) is 24.9. The zero-order chi connectivity index (χ0) is 24.6. The predicted molar refractivity (Wildman–Crippen MR) is 140 cm³/mol. The number of hydrogen-bond acceptors (Lipinski definition) is 4. The van der Waals surface area contributed by atoms with E-state index in [4.69, 9.17) is 22.2 Å². The first-order valence-corrected chi connectivity index (χ1v) is 12.0. The van der Waals surface area contributed by atoms with Crippen molar-refractivity contribution in [2.75, 3.05) is 18.5 Å². The van der Waals surface area contributed by atoms with Crippen molar-refractivity contribution in [2.45, 2.75) is 45.6 Å². The molecule has 1 amide bonds. The zero-order valence-electron chi connectivity index (χ0n) is 20.2. The van der Waals surface area contributed by atoms with Gasteiger partial charge in [0.1, 0.15) is 5.60 Å². The quantitative estimate of drug-likeness (QED) is 0.344. The lowest BCUT2D eigenvalue weighted by molar-refractivity contribution is 0.0258. The molecule has 0 spiro atoms. The average molecular weight is 480 g/mol. The number of hydrogen-bond donors (Lipinski definition) is 2. The van der Waals surface area contributed by atoms with E-state index in [2.05, 4.69) is 66.1 Å². The number of nitrogen functional groups attached to an aromatic ring is 1. The Kier molecular flexibility index (Phi) is 8.97. The van der Waals surface area contributed by atoms with Gasteiger partial charge in [0.25, 0.3) is 0 Å². The summed E-state index contributed by atoms with van der Waals surface area (Å²) in [4.78, 5) is 13.9. The normalized spacial score (nSPS) is 13.1. The topological polar surface area (TPSA) is 67.6 Å². The van der Waals surface area contributed by atoms with Gasteiger partial charge in [-0.3, -0.25) is 5.84 Å². The third kappa shape index (κ3) is 7.51. The largest absolute Gasteiger partial charge is 0.444 e. The van der Waals surface area contributed by atoms with Gasteiger partial charge in [-0.1, -0.05) is 78.3 Å². The van der Waals surface area contributed by atoms with Crippen LogP contribution in [0.4, 0.5) is 10.5 Å². The van der Waals surface area contributed by atoms with Gasteiger partial charge in [0.05, 0.1) is 10.7 Å². The van der Waals surface area contributed by atoms with Crippen LogP contribution >= 0.6 is 11.6 Å². The van der Waals surface area contributed by atoms with E-state index in [0.29, 0.717) is 24.5 Å². The number of hydrazine groups is 1. The van der Waals surface area contributed by atoms with Gasteiger partial charge in [-0.05, 0) is 68.4 Å². The number of fused-ring (bicyclic) bond motifs is 1. The molecule has 3 aromatic carbocycles. The van der Waals surface area contributed by atoms with Gasteiger partial charge in [-0.15, -0.1) is 0 Å². The van der Waals surface area contributed by atoms with Crippen molar-refractivity contribution in [3.63, 3.8) is 0 Å². The molecule has 1 aliphatic rings. The Balaban J connectivity index is 0.000000212. The first-order chi connectivity index (χ1) is 16.3. The molecule has 5 nitrogen and oxygen atoms in total. The van der Waals surface area contributed by atoms with E-state index in [1.165, 1.54) is 16.7 Å². The molecule has 3 N–H and O–H groups in total. The third-order valence-electron chi connectivity index (χ3n) is 5.53. The van der Waals surface area contributed by atoms with Crippen molar-refractivity contribution >= 4 is 23.4 Å². The Morgan fingerprint density at radius 1 is 0.941 bits per heavy atom. The van der Waals surface area contributed by atoms with Crippen molar-refractivity contribution in [1.29, 1.82) is 0 Å². The smallest absolute Gasteiger partial charge is 0.410 e. The SMILES string of the molecule is CC(C)(C)OC(=O)N1CCc2ccc(Cl)c(NN)c2CC1.c1ccc(Cc2ccccc2)cc1. The molecular formula is C28H34ClN3O2. The Bertz CT molecular complexity index is 1030. The highest BCUT2D eigenvalue weighted by Crippen LogP contribution is 2.31. The fourth-order valence-electron chi connectivity index (χ4n) is 3.89. The van der Waals surface area contributed by atoms with E-state index in [1.54, 1.807) is 4.90 Å². The van der Waals surface area contributed by atoms with E-state index < -0.39 is 5.60 Å². The second-order valence-electron chi connectivity index (χ2n) is 9.32. The highest BCUT2D eigenvalue weighted by Gasteiger charge is 2.25. The highest BCUT2D eigenvalue weighted by molar-refractivity contribution is 6.33. The Labute approximate surface area is 207 Å². The number of ether oxygens (including phenoxy) is 1. The molecule has 6 heteroatoms. The molecule has 34 heavy (non-hydrogen) atoms. The van der Waals surface area contributed by atoms with Crippen LogP contribution in [0.2, 0.25) is 5.02 Å². The molecule has 0 radical (unpaired) electrons. The number of halogens is 1. The molecule has 0 aromatic heterocycles. The maximum Gasteiger partial charge on any atom is 0.410 e. The lowest BCUT2D eigenvalue weighted by Gasteiger charge is -2.26. The summed E-state index contributed by atoms with van der Waals surface area (Å²) in [7, 11) is 0. The van der Waals surface area contributed by atoms with Crippen LogP contribution < -0.4 is 11.3 Å². The maximum atomic E-state index is 12.2. The van der Waals surface area contributed by atoms with E-state index in [-0.39, 0.29) is 6.09 Å². The van der Waals surface area contributed by atoms with E-state index in [1.807, 2.05) is 32.9 Å². The molecule has 1 heterocycles. The number of anilines is 1. The minimum atomic E-state index is -0.483. The first kappa shape index (κ1) is 25.6. The van der Waals surface area contributed by atoms with Crippen molar-refractivity contribution in [1.82, 2.24) is 4.90 Å². The van der Waals surface area contributed by atoms with Gasteiger partial charge >= 0.3 is 6.09 Å². The van der Waals surface area contributed by atoms with Crippen LogP contribution in [0.1, 0.15) is 43.0 Å². The number of carbonyl (C=O) groups is 1. The lowest BCUT2D eigenvalue weighted by Crippen LogP contribution is -2.38. The second-order valence-corrected chi connectivity index (χ2v) is 9.73. The summed E-state index contributed by atoms with van der Waals surface area (Å²) in [5.41, 5.74) is 7.92.